The van der Waals surface area contributed by atoms with E-state index in [9.17, 15) is 4.79 Å². The molecule has 0 saturated carbocycles. The van der Waals surface area contributed by atoms with E-state index in [1.807, 2.05) is 0 Å². The van der Waals surface area contributed by atoms with E-state index in [4.69, 9.17) is 34.8 Å². The van der Waals surface area contributed by atoms with Crippen molar-refractivity contribution in [3.63, 3.8) is 0 Å². The van der Waals surface area contributed by atoms with Crippen LogP contribution in [0.3, 0.4) is 0 Å². The van der Waals surface area contributed by atoms with Crippen molar-refractivity contribution in [1.82, 2.24) is 5.32 Å². The van der Waals surface area contributed by atoms with Gasteiger partial charge in [0.1, 0.15) is 9.52 Å². The molecule has 2 nitrogen and oxygen atoms in total. The third-order valence-corrected chi connectivity index (χ3v) is 3.49. The number of amides is 1. The fourth-order valence-corrected chi connectivity index (χ4v) is 1.74. The summed E-state index contributed by atoms with van der Waals surface area (Å²) < 4.78 is -0.0215. The standard InChI is InChI=1S/C9H14Cl3NOS/c1-9(2,3)15-5-4-13-8(14)6(10)7(11)12/h4-5H2,1-3H3,(H,13,14). The van der Waals surface area contributed by atoms with Crippen LogP contribution in [0.15, 0.2) is 9.52 Å². The van der Waals surface area contributed by atoms with Crippen LogP contribution in [0, 0.1) is 0 Å². The second-order valence-corrected chi connectivity index (χ2v) is 7.04. The Hall–Kier alpha value is 0.430. The normalized spacial score (nSPS) is 11.1. The first-order chi connectivity index (χ1) is 6.74. The van der Waals surface area contributed by atoms with Gasteiger partial charge in [-0.3, -0.25) is 4.79 Å². The second kappa shape index (κ2) is 6.89. The highest BCUT2D eigenvalue weighted by Gasteiger charge is 2.12. The monoisotopic (exact) mass is 289 g/mol. The van der Waals surface area contributed by atoms with E-state index < -0.39 is 5.91 Å². The van der Waals surface area contributed by atoms with Gasteiger partial charge in [-0.05, 0) is 0 Å². The SMILES string of the molecule is CC(C)(C)SCCNC(=O)C(Cl)=C(Cl)Cl. The molecule has 0 atom stereocenters. The summed E-state index contributed by atoms with van der Waals surface area (Å²) in [7, 11) is 0. The van der Waals surface area contributed by atoms with Gasteiger partial charge >= 0.3 is 0 Å². The first kappa shape index (κ1) is 15.4. The molecule has 0 rings (SSSR count). The van der Waals surface area contributed by atoms with Gasteiger partial charge in [0.25, 0.3) is 5.91 Å². The molecule has 0 bridgehead atoms. The number of nitrogens with one attached hydrogen (secondary N) is 1. The third kappa shape index (κ3) is 8.26. The average molecular weight is 291 g/mol. The molecule has 0 aliphatic rings. The maximum atomic E-state index is 11.2. The second-order valence-electron chi connectivity index (χ2n) is 3.79. The minimum absolute atomic E-state index is 0.168. The minimum Gasteiger partial charge on any atom is -0.350 e. The number of rotatable bonds is 4. The van der Waals surface area contributed by atoms with Gasteiger partial charge in [0.05, 0.1) is 0 Å². The quantitative estimate of drug-likeness (QED) is 0.634. The lowest BCUT2D eigenvalue weighted by molar-refractivity contribution is -0.116. The van der Waals surface area contributed by atoms with Crippen molar-refractivity contribution in [2.45, 2.75) is 25.5 Å². The molecule has 1 amide bonds. The third-order valence-electron chi connectivity index (χ3n) is 1.29. The summed E-state index contributed by atoms with van der Waals surface area (Å²) in [4.78, 5) is 11.2. The summed E-state index contributed by atoms with van der Waals surface area (Å²) in [5.41, 5.74) is 0. The smallest absolute Gasteiger partial charge is 0.265 e. The van der Waals surface area contributed by atoms with E-state index in [1.165, 1.54) is 0 Å². The number of halogens is 3. The average Bonchev–Trinajstić information content (AvgIpc) is 2.09. The van der Waals surface area contributed by atoms with Crippen molar-refractivity contribution in [3.8, 4) is 0 Å². The van der Waals surface area contributed by atoms with E-state index >= 15 is 0 Å². The summed E-state index contributed by atoms with van der Waals surface area (Å²) in [5, 5.41) is 2.45. The molecular weight excluding hydrogens is 277 g/mol. The van der Waals surface area contributed by atoms with Crippen LogP contribution in [0.2, 0.25) is 0 Å². The first-order valence-corrected chi connectivity index (χ1v) is 6.49. The van der Waals surface area contributed by atoms with Crippen molar-refractivity contribution >= 4 is 52.5 Å². The number of carbonyl (C=O) groups is 1. The van der Waals surface area contributed by atoms with E-state index in [0.29, 0.717) is 6.54 Å². The summed E-state index contributed by atoms with van der Waals surface area (Å²) >= 11 is 18.0. The molecule has 0 aromatic rings. The predicted molar refractivity (Wildman–Crippen MR) is 69.8 cm³/mol. The Balaban J connectivity index is 3.80. The molecule has 0 aromatic heterocycles. The molecule has 0 aliphatic carbocycles. The molecule has 0 heterocycles. The predicted octanol–water partition coefficient (Wildman–Crippen LogP) is 3.52. The fourth-order valence-electron chi connectivity index (χ4n) is 0.685. The molecule has 0 aromatic carbocycles. The van der Waals surface area contributed by atoms with Gasteiger partial charge < -0.3 is 5.32 Å². The van der Waals surface area contributed by atoms with Gasteiger partial charge in [-0.25, -0.2) is 0 Å². The van der Waals surface area contributed by atoms with Crippen molar-refractivity contribution < 1.29 is 4.79 Å². The van der Waals surface area contributed by atoms with Crippen molar-refractivity contribution in [2.75, 3.05) is 12.3 Å². The number of thioether (sulfide) groups is 1. The lowest BCUT2D eigenvalue weighted by atomic mass is 10.3. The van der Waals surface area contributed by atoms with Crippen LogP contribution in [0.5, 0.6) is 0 Å². The van der Waals surface area contributed by atoms with Crippen molar-refractivity contribution in [2.24, 2.45) is 0 Å². The maximum Gasteiger partial charge on any atom is 0.265 e. The fraction of sp³-hybridized carbons (Fsp3) is 0.667. The summed E-state index contributed by atoms with van der Waals surface area (Å²) in [5.74, 6) is 0.380. The van der Waals surface area contributed by atoms with Crippen LogP contribution >= 0.6 is 46.6 Å². The zero-order chi connectivity index (χ0) is 12.1. The molecular formula is C9H14Cl3NOS. The summed E-state index contributed by atoms with van der Waals surface area (Å²) in [6.07, 6.45) is 0. The molecule has 0 fully saturated rings. The van der Waals surface area contributed by atoms with Crippen LogP contribution < -0.4 is 5.32 Å². The molecule has 0 aliphatic heterocycles. The number of hydrogen-bond donors (Lipinski definition) is 1. The van der Waals surface area contributed by atoms with E-state index in [-0.39, 0.29) is 14.3 Å². The van der Waals surface area contributed by atoms with Crippen molar-refractivity contribution in [3.05, 3.63) is 9.52 Å². The lowest BCUT2D eigenvalue weighted by Gasteiger charge is -2.17. The van der Waals surface area contributed by atoms with Gasteiger partial charge in [-0.15, -0.1) is 0 Å². The highest BCUT2D eigenvalue weighted by molar-refractivity contribution is 8.00. The Labute approximate surface area is 110 Å². The van der Waals surface area contributed by atoms with E-state index in [0.717, 1.165) is 5.75 Å². The molecule has 0 saturated heterocycles. The van der Waals surface area contributed by atoms with Gasteiger partial charge in [0, 0.05) is 17.0 Å². The van der Waals surface area contributed by atoms with Gasteiger partial charge in [-0.2, -0.15) is 11.8 Å². The Morgan fingerprint density at radius 1 is 1.27 bits per heavy atom. The van der Waals surface area contributed by atoms with Gasteiger partial charge in [0.15, 0.2) is 0 Å². The lowest BCUT2D eigenvalue weighted by Crippen LogP contribution is -2.27. The van der Waals surface area contributed by atoms with Crippen LogP contribution in [0.1, 0.15) is 20.8 Å². The van der Waals surface area contributed by atoms with Gasteiger partial charge in [0.2, 0.25) is 0 Å². The summed E-state index contributed by atoms with van der Waals surface area (Å²) in [6.45, 7) is 6.88. The highest BCUT2D eigenvalue weighted by atomic mass is 35.5. The number of hydrogen-bond acceptors (Lipinski definition) is 2. The Bertz CT molecular complexity index is 257. The van der Waals surface area contributed by atoms with E-state index in [2.05, 4.69) is 26.1 Å². The Morgan fingerprint density at radius 2 is 1.80 bits per heavy atom. The zero-order valence-electron chi connectivity index (χ0n) is 8.86. The Kier molecular flexibility index (Phi) is 7.09. The topological polar surface area (TPSA) is 29.1 Å². The molecule has 1 N–H and O–H groups in total. The molecule has 6 heteroatoms. The van der Waals surface area contributed by atoms with Crippen LogP contribution in [-0.2, 0) is 4.79 Å². The van der Waals surface area contributed by atoms with Crippen LogP contribution in [-0.4, -0.2) is 23.0 Å². The summed E-state index contributed by atoms with van der Waals surface area (Å²) in [6, 6.07) is 0. The largest absolute Gasteiger partial charge is 0.350 e. The van der Waals surface area contributed by atoms with Gasteiger partial charge in [-0.1, -0.05) is 55.6 Å². The molecule has 0 radical (unpaired) electrons. The molecule has 0 unspecified atom stereocenters. The highest BCUT2D eigenvalue weighted by Crippen LogP contribution is 2.22. The van der Waals surface area contributed by atoms with Crippen molar-refractivity contribution in [1.29, 1.82) is 0 Å². The van der Waals surface area contributed by atoms with Crippen LogP contribution in [0.4, 0.5) is 0 Å². The maximum absolute atomic E-state index is 11.2. The Morgan fingerprint density at radius 3 is 2.20 bits per heavy atom. The zero-order valence-corrected chi connectivity index (χ0v) is 11.9. The molecule has 88 valence electrons. The number of carbonyl (C=O) groups excluding carboxylic acids is 1. The van der Waals surface area contributed by atoms with Crippen LogP contribution in [0.25, 0.3) is 0 Å². The molecule has 15 heavy (non-hydrogen) atoms. The van der Waals surface area contributed by atoms with E-state index in [1.54, 1.807) is 11.8 Å². The first-order valence-electron chi connectivity index (χ1n) is 4.37. The minimum atomic E-state index is -0.439. The molecule has 0 spiro atoms.